The molecule has 40 heavy (non-hydrogen) atoms. The van der Waals surface area contributed by atoms with E-state index >= 15 is 0 Å². The average molecular weight is 561 g/mol. The van der Waals surface area contributed by atoms with Crippen molar-refractivity contribution in [3.63, 3.8) is 0 Å². The van der Waals surface area contributed by atoms with Gasteiger partial charge in [-0.15, -0.1) is 0 Å². The van der Waals surface area contributed by atoms with E-state index in [1.807, 2.05) is 6.92 Å². The molecule has 8 N–H and O–H groups in total. The topological polar surface area (TPSA) is 209 Å². The predicted molar refractivity (Wildman–Crippen MR) is 146 cm³/mol. The van der Waals surface area contributed by atoms with E-state index in [9.17, 15) is 33.9 Å². The molecule has 4 unspecified atom stereocenters. The van der Waals surface area contributed by atoms with Crippen molar-refractivity contribution in [2.24, 2.45) is 5.73 Å². The smallest absolute Gasteiger partial charge is 0.305 e. The summed E-state index contributed by atoms with van der Waals surface area (Å²) in [5.41, 5.74) is 6.31. The van der Waals surface area contributed by atoms with Gasteiger partial charge in [-0.3, -0.25) is 28.8 Å². The van der Waals surface area contributed by atoms with Gasteiger partial charge in [-0.25, -0.2) is 0 Å². The zero-order valence-corrected chi connectivity index (χ0v) is 22.7. The lowest BCUT2D eigenvalue weighted by Crippen LogP contribution is -2.58. The van der Waals surface area contributed by atoms with Crippen molar-refractivity contribution in [3.8, 4) is 0 Å². The molecular formula is C27H40N6O7. The van der Waals surface area contributed by atoms with Crippen molar-refractivity contribution >= 4 is 35.5 Å². The van der Waals surface area contributed by atoms with E-state index in [0.29, 0.717) is 37.8 Å². The SMILES string of the molecule is CCCCC1NC(=O)C(CCCCN)NC(=O)C(Cc2ccccc2)NC(=O)C(CC(=O)O)NC(=O)CNC1=O. The number of carboxylic acid groups (broad SMARTS) is 1. The predicted octanol–water partition coefficient (Wildman–Crippen LogP) is -0.908. The fourth-order valence-corrected chi connectivity index (χ4v) is 4.23. The van der Waals surface area contributed by atoms with E-state index in [1.54, 1.807) is 30.3 Å². The number of rotatable bonds is 11. The largest absolute Gasteiger partial charge is 0.481 e. The summed E-state index contributed by atoms with van der Waals surface area (Å²) in [7, 11) is 0. The second-order valence-electron chi connectivity index (χ2n) is 9.74. The summed E-state index contributed by atoms with van der Waals surface area (Å²) in [4.78, 5) is 76.8. The maximum absolute atomic E-state index is 13.5. The van der Waals surface area contributed by atoms with Crippen LogP contribution in [0, 0.1) is 0 Å². The van der Waals surface area contributed by atoms with Gasteiger partial charge in [0.05, 0.1) is 13.0 Å². The lowest BCUT2D eigenvalue weighted by molar-refractivity contribution is -0.141. The Balaban J connectivity index is 2.45. The maximum Gasteiger partial charge on any atom is 0.305 e. The molecule has 13 nitrogen and oxygen atoms in total. The number of nitrogens with two attached hydrogens (primary N) is 1. The highest BCUT2D eigenvalue weighted by atomic mass is 16.4. The highest BCUT2D eigenvalue weighted by Gasteiger charge is 2.32. The van der Waals surface area contributed by atoms with E-state index in [4.69, 9.17) is 5.73 Å². The Bertz CT molecular complexity index is 1040. The molecule has 1 aliphatic heterocycles. The molecule has 1 heterocycles. The summed E-state index contributed by atoms with van der Waals surface area (Å²) in [6.07, 6.45) is 2.34. The minimum Gasteiger partial charge on any atom is -0.481 e. The van der Waals surface area contributed by atoms with Gasteiger partial charge < -0.3 is 37.4 Å². The molecule has 0 aromatic heterocycles. The van der Waals surface area contributed by atoms with E-state index in [0.717, 1.165) is 6.42 Å². The zero-order chi connectivity index (χ0) is 29.5. The number of nitrogens with one attached hydrogen (secondary N) is 5. The quantitative estimate of drug-likeness (QED) is 0.168. The van der Waals surface area contributed by atoms with Gasteiger partial charge in [0.25, 0.3) is 0 Å². The van der Waals surface area contributed by atoms with Gasteiger partial charge >= 0.3 is 5.97 Å². The lowest BCUT2D eigenvalue weighted by Gasteiger charge is -2.26. The van der Waals surface area contributed by atoms with Crippen LogP contribution in [-0.4, -0.2) is 77.9 Å². The van der Waals surface area contributed by atoms with Crippen LogP contribution in [0.3, 0.4) is 0 Å². The first-order valence-electron chi connectivity index (χ1n) is 13.6. The van der Waals surface area contributed by atoms with Gasteiger partial charge in [-0.2, -0.15) is 0 Å². The van der Waals surface area contributed by atoms with Crippen LogP contribution in [0.25, 0.3) is 0 Å². The van der Waals surface area contributed by atoms with Crippen LogP contribution in [0.4, 0.5) is 0 Å². The van der Waals surface area contributed by atoms with E-state index < -0.39 is 72.6 Å². The third kappa shape index (κ3) is 11.0. The number of unbranched alkanes of at least 4 members (excludes halogenated alkanes) is 2. The molecule has 0 bridgehead atoms. The third-order valence-corrected chi connectivity index (χ3v) is 6.43. The normalized spacial score (nSPS) is 23.0. The molecule has 0 aliphatic carbocycles. The average Bonchev–Trinajstić information content (AvgIpc) is 2.92. The maximum atomic E-state index is 13.5. The van der Waals surface area contributed by atoms with Crippen LogP contribution in [0.2, 0.25) is 0 Å². The number of hydrogen-bond acceptors (Lipinski definition) is 7. The summed E-state index contributed by atoms with van der Waals surface area (Å²) in [5.74, 6) is -4.89. The fourth-order valence-electron chi connectivity index (χ4n) is 4.23. The summed E-state index contributed by atoms with van der Waals surface area (Å²) in [6.45, 7) is 1.78. The second-order valence-corrected chi connectivity index (χ2v) is 9.74. The number of carbonyl (C=O) groups excluding carboxylic acids is 5. The second kappa shape index (κ2) is 16.9. The van der Waals surface area contributed by atoms with Crippen LogP contribution in [0.1, 0.15) is 57.4 Å². The van der Waals surface area contributed by atoms with Crippen molar-refractivity contribution < 1.29 is 33.9 Å². The highest BCUT2D eigenvalue weighted by Crippen LogP contribution is 2.09. The Kier molecular flexibility index (Phi) is 13.6. The first-order valence-corrected chi connectivity index (χ1v) is 13.6. The van der Waals surface area contributed by atoms with Crippen LogP contribution in [0.15, 0.2) is 30.3 Å². The number of carbonyl (C=O) groups is 6. The zero-order valence-electron chi connectivity index (χ0n) is 22.7. The first-order chi connectivity index (χ1) is 19.1. The number of amides is 5. The van der Waals surface area contributed by atoms with E-state index in [-0.39, 0.29) is 12.8 Å². The fraction of sp³-hybridized carbons (Fsp3) is 0.556. The van der Waals surface area contributed by atoms with Crippen LogP contribution < -0.4 is 32.3 Å². The van der Waals surface area contributed by atoms with Crippen molar-refractivity contribution in [2.75, 3.05) is 13.1 Å². The molecule has 0 radical (unpaired) electrons. The minimum atomic E-state index is -1.51. The Morgan fingerprint density at radius 1 is 0.800 bits per heavy atom. The van der Waals surface area contributed by atoms with Crippen LogP contribution in [0.5, 0.6) is 0 Å². The standard InChI is InChI=1S/C27H40N6O7/c1-2-3-11-18-24(37)29-16-22(34)30-21(15-23(35)36)27(40)33-20(14-17-9-5-4-6-10-17)26(39)32-19(25(38)31-18)12-7-8-13-28/h4-6,9-10,18-21H,2-3,7-8,11-16,28H2,1H3,(H,29,37)(H,30,34)(H,31,38)(H,32,39)(H,33,40)(H,35,36). The Labute approximate surface area is 233 Å². The summed E-state index contributed by atoms with van der Waals surface area (Å²) in [5, 5.41) is 22.0. The molecule has 1 fully saturated rings. The molecule has 2 rings (SSSR count). The Morgan fingerprint density at radius 2 is 1.38 bits per heavy atom. The molecule has 0 saturated carbocycles. The number of benzene rings is 1. The highest BCUT2D eigenvalue weighted by molar-refractivity contribution is 5.98. The first kappa shape index (κ1) is 32.2. The van der Waals surface area contributed by atoms with E-state index in [2.05, 4.69) is 26.6 Å². The summed E-state index contributed by atoms with van der Waals surface area (Å²) in [6, 6.07) is 4.15. The number of aliphatic carboxylic acids is 1. The molecule has 1 aromatic carbocycles. The van der Waals surface area contributed by atoms with Crippen LogP contribution in [-0.2, 0) is 35.2 Å². The summed E-state index contributed by atoms with van der Waals surface area (Å²) < 4.78 is 0. The van der Waals surface area contributed by atoms with Gasteiger partial charge in [0.15, 0.2) is 0 Å². The van der Waals surface area contributed by atoms with Gasteiger partial charge in [0.2, 0.25) is 29.5 Å². The number of hydrogen-bond donors (Lipinski definition) is 7. The molecule has 5 amide bonds. The molecule has 4 atom stereocenters. The molecule has 0 spiro atoms. The lowest BCUT2D eigenvalue weighted by atomic mass is 10.0. The molecule has 1 aliphatic rings. The third-order valence-electron chi connectivity index (χ3n) is 6.43. The monoisotopic (exact) mass is 560 g/mol. The molecular weight excluding hydrogens is 520 g/mol. The van der Waals surface area contributed by atoms with Gasteiger partial charge in [0, 0.05) is 6.42 Å². The molecule has 220 valence electrons. The Morgan fingerprint density at radius 3 is 2.00 bits per heavy atom. The molecule has 1 aromatic rings. The van der Waals surface area contributed by atoms with Crippen molar-refractivity contribution in [3.05, 3.63) is 35.9 Å². The van der Waals surface area contributed by atoms with Gasteiger partial charge in [-0.05, 0) is 37.8 Å². The van der Waals surface area contributed by atoms with Gasteiger partial charge in [-0.1, -0.05) is 50.1 Å². The minimum absolute atomic E-state index is 0.0441. The van der Waals surface area contributed by atoms with Crippen LogP contribution >= 0.6 is 0 Å². The molecule has 1 saturated heterocycles. The molecule has 13 heteroatoms. The van der Waals surface area contributed by atoms with Gasteiger partial charge in [0.1, 0.15) is 24.2 Å². The summed E-state index contributed by atoms with van der Waals surface area (Å²) >= 11 is 0. The Hall–Kier alpha value is -4.00. The van der Waals surface area contributed by atoms with Crippen molar-refractivity contribution in [1.29, 1.82) is 0 Å². The van der Waals surface area contributed by atoms with Crippen molar-refractivity contribution in [2.45, 2.75) is 82.5 Å². The van der Waals surface area contributed by atoms with E-state index in [1.165, 1.54) is 0 Å². The van der Waals surface area contributed by atoms with Crippen molar-refractivity contribution in [1.82, 2.24) is 26.6 Å². The number of carboxylic acids is 1.